The van der Waals surface area contributed by atoms with E-state index in [2.05, 4.69) is 9.88 Å². The number of nitrogens with zero attached hydrogens (tertiary/aromatic N) is 2. The number of Topliss-reactive ketones (excluding diaryl/α,β-unsaturated/α-hetero) is 1. The zero-order chi connectivity index (χ0) is 18.7. The van der Waals surface area contributed by atoms with Crippen LogP contribution in [-0.2, 0) is 6.42 Å². The first-order chi connectivity index (χ1) is 12.4. The molecule has 3 rings (SSSR count). The van der Waals surface area contributed by atoms with Gasteiger partial charge in [-0.1, -0.05) is 6.07 Å². The molecular formula is C20H19F3N2O. The van der Waals surface area contributed by atoms with Crippen molar-refractivity contribution in [1.82, 2.24) is 9.88 Å². The summed E-state index contributed by atoms with van der Waals surface area (Å²) in [4.78, 5) is 18.6. The number of piperidine rings is 1. The molecule has 1 aromatic carbocycles. The summed E-state index contributed by atoms with van der Waals surface area (Å²) in [6.45, 7) is 1.59. The van der Waals surface area contributed by atoms with Crippen LogP contribution in [0, 0.1) is 11.6 Å². The highest BCUT2D eigenvalue weighted by atomic mass is 19.1. The predicted molar refractivity (Wildman–Crippen MR) is 93.4 cm³/mol. The van der Waals surface area contributed by atoms with Crippen molar-refractivity contribution in [3.63, 3.8) is 0 Å². The van der Waals surface area contributed by atoms with Crippen molar-refractivity contribution in [3.05, 3.63) is 70.6 Å². The van der Waals surface area contributed by atoms with Gasteiger partial charge in [0.05, 0.1) is 17.7 Å². The Kier molecular flexibility index (Phi) is 5.52. The molecule has 2 aromatic rings. The Morgan fingerprint density at radius 1 is 1.15 bits per heavy atom. The maximum atomic E-state index is 14.7. The molecule has 1 aliphatic heterocycles. The van der Waals surface area contributed by atoms with Crippen LogP contribution < -0.4 is 0 Å². The van der Waals surface area contributed by atoms with Crippen molar-refractivity contribution in [2.45, 2.75) is 19.3 Å². The molecule has 0 radical (unpaired) electrons. The predicted octanol–water partition coefficient (Wildman–Crippen LogP) is 4.19. The molecule has 1 fully saturated rings. The van der Waals surface area contributed by atoms with Crippen molar-refractivity contribution in [3.8, 4) is 0 Å². The molecule has 136 valence electrons. The maximum absolute atomic E-state index is 14.7. The first kappa shape index (κ1) is 18.3. The SMILES string of the molecule is CN1CCC(=C(F)c2cccc(CC(=O)c3ccc(F)cc3F)n2)CC1. The summed E-state index contributed by atoms with van der Waals surface area (Å²) in [5.41, 5.74) is 1.06. The van der Waals surface area contributed by atoms with E-state index in [0.29, 0.717) is 24.6 Å². The zero-order valence-corrected chi connectivity index (χ0v) is 14.4. The molecule has 6 heteroatoms. The Morgan fingerprint density at radius 3 is 2.58 bits per heavy atom. The lowest BCUT2D eigenvalue weighted by molar-refractivity contribution is 0.0988. The van der Waals surface area contributed by atoms with Gasteiger partial charge in [0.1, 0.15) is 17.5 Å². The molecule has 3 nitrogen and oxygen atoms in total. The van der Waals surface area contributed by atoms with Gasteiger partial charge in [-0.2, -0.15) is 0 Å². The summed E-state index contributed by atoms with van der Waals surface area (Å²) in [7, 11) is 1.99. The van der Waals surface area contributed by atoms with Crippen LogP contribution in [-0.4, -0.2) is 35.8 Å². The van der Waals surface area contributed by atoms with Crippen LogP contribution in [0.1, 0.15) is 34.6 Å². The molecule has 1 aliphatic rings. The molecule has 0 amide bonds. The molecule has 0 N–H and O–H groups in total. The minimum Gasteiger partial charge on any atom is -0.306 e. The molecule has 0 atom stereocenters. The average Bonchev–Trinajstić information content (AvgIpc) is 2.62. The van der Waals surface area contributed by atoms with E-state index in [1.165, 1.54) is 0 Å². The first-order valence-corrected chi connectivity index (χ1v) is 8.44. The van der Waals surface area contributed by atoms with Gasteiger partial charge in [0.15, 0.2) is 5.78 Å². The average molecular weight is 360 g/mol. The van der Waals surface area contributed by atoms with E-state index in [1.807, 2.05) is 7.05 Å². The van der Waals surface area contributed by atoms with Crippen LogP contribution in [0.2, 0.25) is 0 Å². The summed E-state index contributed by atoms with van der Waals surface area (Å²) in [5.74, 6) is -2.53. The summed E-state index contributed by atoms with van der Waals surface area (Å²) in [5, 5.41) is 0. The molecule has 1 saturated heterocycles. The van der Waals surface area contributed by atoms with E-state index in [4.69, 9.17) is 0 Å². The number of hydrogen-bond donors (Lipinski definition) is 0. The molecule has 0 spiro atoms. The lowest BCUT2D eigenvalue weighted by Crippen LogP contribution is -2.26. The molecule has 1 aromatic heterocycles. The van der Waals surface area contributed by atoms with Crippen molar-refractivity contribution >= 4 is 11.6 Å². The van der Waals surface area contributed by atoms with Crippen molar-refractivity contribution in [2.75, 3.05) is 20.1 Å². The van der Waals surface area contributed by atoms with Gasteiger partial charge < -0.3 is 4.90 Å². The van der Waals surface area contributed by atoms with Gasteiger partial charge in [-0.25, -0.2) is 18.2 Å². The lowest BCUT2D eigenvalue weighted by atomic mass is 10.0. The zero-order valence-electron chi connectivity index (χ0n) is 14.4. The normalized spacial score (nSPS) is 15.2. The van der Waals surface area contributed by atoms with Gasteiger partial charge in [0.2, 0.25) is 0 Å². The Hall–Kier alpha value is -2.47. The van der Waals surface area contributed by atoms with Crippen molar-refractivity contribution < 1.29 is 18.0 Å². The largest absolute Gasteiger partial charge is 0.306 e. The molecular weight excluding hydrogens is 341 g/mol. The lowest BCUT2D eigenvalue weighted by Gasteiger charge is -2.24. The van der Waals surface area contributed by atoms with Gasteiger partial charge in [0, 0.05) is 24.8 Å². The molecule has 2 heterocycles. The second-order valence-corrected chi connectivity index (χ2v) is 6.46. The first-order valence-electron chi connectivity index (χ1n) is 8.44. The Morgan fingerprint density at radius 2 is 1.88 bits per heavy atom. The highest BCUT2D eigenvalue weighted by Gasteiger charge is 2.18. The fraction of sp³-hybridized carbons (Fsp3) is 0.300. The van der Waals surface area contributed by atoms with Gasteiger partial charge in [-0.15, -0.1) is 0 Å². The Labute approximate surface area is 150 Å². The molecule has 0 bridgehead atoms. The highest BCUT2D eigenvalue weighted by molar-refractivity contribution is 5.97. The number of halogens is 3. The number of likely N-dealkylation sites (tertiary alicyclic amines) is 1. The van der Waals surface area contributed by atoms with E-state index >= 15 is 0 Å². The minimum absolute atomic E-state index is 0.179. The smallest absolute Gasteiger partial charge is 0.171 e. The third-order valence-electron chi connectivity index (χ3n) is 4.51. The van der Waals surface area contributed by atoms with Crippen LogP contribution >= 0.6 is 0 Å². The fourth-order valence-electron chi connectivity index (χ4n) is 2.96. The third kappa shape index (κ3) is 4.19. The van der Waals surface area contributed by atoms with E-state index in [1.54, 1.807) is 18.2 Å². The maximum Gasteiger partial charge on any atom is 0.171 e. The van der Waals surface area contributed by atoms with Gasteiger partial charge in [0.25, 0.3) is 0 Å². The van der Waals surface area contributed by atoms with Crippen LogP contribution in [0.3, 0.4) is 0 Å². The number of pyridine rings is 1. The minimum atomic E-state index is -0.911. The second-order valence-electron chi connectivity index (χ2n) is 6.46. The van der Waals surface area contributed by atoms with E-state index in [-0.39, 0.29) is 23.5 Å². The number of ketones is 1. The van der Waals surface area contributed by atoms with Crippen molar-refractivity contribution in [1.29, 1.82) is 0 Å². The number of aromatic nitrogens is 1. The molecule has 26 heavy (non-hydrogen) atoms. The van der Waals surface area contributed by atoms with Crippen molar-refractivity contribution in [2.24, 2.45) is 0 Å². The van der Waals surface area contributed by atoms with E-state index in [9.17, 15) is 18.0 Å². The number of carbonyl (C=O) groups is 1. The van der Waals surface area contributed by atoms with E-state index < -0.39 is 17.4 Å². The van der Waals surface area contributed by atoms with Crippen LogP contribution in [0.4, 0.5) is 13.2 Å². The summed E-state index contributed by atoms with van der Waals surface area (Å²) >= 11 is 0. The third-order valence-corrected chi connectivity index (χ3v) is 4.51. The van der Waals surface area contributed by atoms with Gasteiger partial charge in [-0.05, 0) is 49.7 Å². The summed E-state index contributed by atoms with van der Waals surface area (Å²) in [6, 6.07) is 7.59. The Bertz CT molecular complexity index is 854. The van der Waals surface area contributed by atoms with Crippen LogP contribution in [0.15, 0.2) is 42.0 Å². The molecule has 0 unspecified atom stereocenters. The summed E-state index contributed by atoms with van der Waals surface area (Å²) < 4.78 is 41.4. The van der Waals surface area contributed by atoms with E-state index in [0.717, 1.165) is 30.8 Å². The second kappa shape index (κ2) is 7.83. The highest BCUT2D eigenvalue weighted by Crippen LogP contribution is 2.26. The Balaban J connectivity index is 1.79. The number of carbonyl (C=O) groups excluding carboxylic acids is 1. The molecule has 0 aliphatic carbocycles. The van der Waals surface area contributed by atoms with Gasteiger partial charge in [-0.3, -0.25) is 4.79 Å². The van der Waals surface area contributed by atoms with Gasteiger partial charge >= 0.3 is 0 Å². The fourth-order valence-corrected chi connectivity index (χ4v) is 2.96. The number of rotatable bonds is 4. The summed E-state index contributed by atoms with van der Waals surface area (Å²) in [6.07, 6.45) is 1.11. The molecule has 0 saturated carbocycles. The number of hydrogen-bond acceptors (Lipinski definition) is 3. The number of benzene rings is 1. The quantitative estimate of drug-likeness (QED) is 0.767. The standard InChI is InChI=1S/C20H19F3N2O/c1-25-9-7-13(8-10-25)20(23)18-4-2-3-15(24-18)12-19(26)16-6-5-14(21)11-17(16)22/h2-6,11H,7-10,12H2,1H3. The van der Waals surface area contributed by atoms with Crippen LogP contribution in [0.5, 0.6) is 0 Å². The van der Waals surface area contributed by atoms with Crippen LogP contribution in [0.25, 0.3) is 5.83 Å². The monoisotopic (exact) mass is 360 g/mol. The topological polar surface area (TPSA) is 33.2 Å².